The predicted molar refractivity (Wildman–Crippen MR) is 99.9 cm³/mol. The van der Waals surface area contributed by atoms with E-state index in [2.05, 4.69) is 11.1 Å². The van der Waals surface area contributed by atoms with Crippen molar-refractivity contribution in [3.8, 4) is 10.4 Å². The third kappa shape index (κ3) is 2.86. The van der Waals surface area contributed by atoms with Gasteiger partial charge in [-0.25, -0.2) is 0 Å². The first-order chi connectivity index (χ1) is 11.7. The first-order valence-corrected chi connectivity index (χ1v) is 8.69. The Kier molecular flexibility index (Phi) is 3.92. The zero-order valence-electron chi connectivity index (χ0n) is 12.6. The van der Waals surface area contributed by atoms with Crippen LogP contribution in [-0.2, 0) is 6.54 Å². The largest absolute Gasteiger partial charge is 0.326 e. The average molecular weight is 353 g/mol. The van der Waals surface area contributed by atoms with Gasteiger partial charge in [0.2, 0.25) is 0 Å². The molecule has 3 nitrogen and oxygen atoms in total. The normalized spacial score (nSPS) is 11.0. The Balaban J connectivity index is 1.82. The molecule has 0 atom stereocenters. The Bertz CT molecular complexity index is 1050. The van der Waals surface area contributed by atoms with E-state index in [-0.39, 0.29) is 5.56 Å². The third-order valence-corrected chi connectivity index (χ3v) is 5.27. The van der Waals surface area contributed by atoms with Gasteiger partial charge in [-0.05, 0) is 29.3 Å². The Hall–Kier alpha value is -2.43. The van der Waals surface area contributed by atoms with E-state index < -0.39 is 0 Å². The Morgan fingerprint density at radius 1 is 1.04 bits per heavy atom. The molecule has 0 saturated carbocycles. The minimum atomic E-state index is -0.176. The number of nitrogens with zero attached hydrogens (tertiary/aromatic N) is 2. The summed E-state index contributed by atoms with van der Waals surface area (Å²) < 4.78 is 2.69. The summed E-state index contributed by atoms with van der Waals surface area (Å²) in [6.45, 7) is 0.645. The van der Waals surface area contributed by atoms with Crippen molar-refractivity contribution in [1.82, 2.24) is 9.55 Å². The van der Waals surface area contributed by atoms with Gasteiger partial charge >= 0.3 is 0 Å². The van der Waals surface area contributed by atoms with E-state index in [1.807, 2.05) is 59.2 Å². The van der Waals surface area contributed by atoms with Crippen LogP contribution in [0.5, 0.6) is 0 Å². The number of fused-ring (bicyclic) bond motifs is 1. The van der Waals surface area contributed by atoms with E-state index >= 15 is 0 Å². The second kappa shape index (κ2) is 6.23. The molecule has 0 unspecified atom stereocenters. The molecule has 0 saturated heterocycles. The van der Waals surface area contributed by atoms with Crippen LogP contribution < -0.4 is 5.56 Å². The highest BCUT2D eigenvalue weighted by molar-refractivity contribution is 7.22. The number of rotatable bonds is 3. The van der Waals surface area contributed by atoms with E-state index in [1.54, 1.807) is 6.33 Å². The van der Waals surface area contributed by atoms with Gasteiger partial charge in [0.15, 0.2) is 0 Å². The Labute approximate surface area is 147 Å². The maximum atomic E-state index is 12.1. The molecule has 2 aromatic heterocycles. The smallest absolute Gasteiger partial charge is 0.290 e. The molecule has 118 valence electrons. The van der Waals surface area contributed by atoms with Gasteiger partial charge in [0.25, 0.3) is 5.56 Å². The Morgan fingerprint density at radius 3 is 2.54 bits per heavy atom. The van der Waals surface area contributed by atoms with Crippen molar-refractivity contribution in [2.24, 2.45) is 0 Å². The summed E-state index contributed by atoms with van der Waals surface area (Å²) in [5.41, 5.74) is 2.95. The number of aromatic nitrogens is 2. The van der Waals surface area contributed by atoms with Gasteiger partial charge in [-0.3, -0.25) is 4.79 Å². The second-order valence-corrected chi connectivity index (χ2v) is 6.98. The molecule has 0 aliphatic heterocycles. The number of halogens is 1. The minimum absolute atomic E-state index is 0.176. The van der Waals surface area contributed by atoms with E-state index in [4.69, 9.17) is 11.6 Å². The van der Waals surface area contributed by atoms with Crippen molar-refractivity contribution in [2.75, 3.05) is 0 Å². The molecule has 0 radical (unpaired) electrons. The van der Waals surface area contributed by atoms with Crippen LogP contribution >= 0.6 is 22.9 Å². The molecule has 0 amide bonds. The van der Waals surface area contributed by atoms with E-state index in [9.17, 15) is 4.79 Å². The summed E-state index contributed by atoms with van der Waals surface area (Å²) in [6.07, 6.45) is 1.61. The molecule has 0 aliphatic carbocycles. The van der Waals surface area contributed by atoms with Crippen LogP contribution in [0, 0.1) is 0 Å². The number of benzene rings is 2. The van der Waals surface area contributed by atoms with Gasteiger partial charge in [-0.2, -0.15) is 4.98 Å². The van der Waals surface area contributed by atoms with Crippen LogP contribution in [0.2, 0.25) is 5.02 Å². The van der Waals surface area contributed by atoms with Gasteiger partial charge in [0, 0.05) is 16.4 Å². The van der Waals surface area contributed by atoms with Gasteiger partial charge in [-0.15, -0.1) is 11.3 Å². The third-order valence-electron chi connectivity index (χ3n) is 3.85. The highest BCUT2D eigenvalue weighted by Crippen LogP contribution is 2.31. The molecule has 5 heteroatoms. The number of hydrogen-bond acceptors (Lipinski definition) is 3. The van der Waals surface area contributed by atoms with Gasteiger partial charge in [-0.1, -0.05) is 54.1 Å². The van der Waals surface area contributed by atoms with Crippen molar-refractivity contribution >= 4 is 33.2 Å². The van der Waals surface area contributed by atoms with Crippen LogP contribution in [0.1, 0.15) is 5.56 Å². The molecule has 0 N–H and O–H groups in total. The highest BCUT2D eigenvalue weighted by atomic mass is 35.5. The lowest BCUT2D eigenvalue weighted by Gasteiger charge is -2.07. The average Bonchev–Trinajstić information content (AvgIpc) is 3.07. The van der Waals surface area contributed by atoms with Crippen LogP contribution in [0.25, 0.3) is 20.7 Å². The topological polar surface area (TPSA) is 34.9 Å². The highest BCUT2D eigenvalue weighted by Gasteiger charge is 2.11. The lowest BCUT2D eigenvalue weighted by molar-refractivity contribution is 0.800. The monoisotopic (exact) mass is 352 g/mol. The standard InChI is InChI=1S/C19H13ClN2OS/c20-15-8-6-13(7-9-15)11-22-12-21-19(23)18-16(22)10-17(24-18)14-4-2-1-3-5-14/h1-10,12H,11H2. The zero-order chi connectivity index (χ0) is 16.5. The lowest BCUT2D eigenvalue weighted by Crippen LogP contribution is -2.11. The fourth-order valence-electron chi connectivity index (χ4n) is 2.65. The molecule has 0 fully saturated rings. The Morgan fingerprint density at radius 2 is 1.79 bits per heavy atom. The van der Waals surface area contributed by atoms with E-state index in [0.717, 1.165) is 21.5 Å². The quantitative estimate of drug-likeness (QED) is 0.529. The zero-order valence-corrected chi connectivity index (χ0v) is 14.2. The van der Waals surface area contributed by atoms with Crippen molar-refractivity contribution in [1.29, 1.82) is 0 Å². The van der Waals surface area contributed by atoms with Crippen LogP contribution in [0.4, 0.5) is 0 Å². The summed E-state index contributed by atoms with van der Waals surface area (Å²) in [7, 11) is 0. The molecule has 2 aromatic carbocycles. The fourth-order valence-corrected chi connectivity index (χ4v) is 3.84. The summed E-state index contributed by atoms with van der Waals surface area (Å²) in [6, 6.07) is 19.8. The number of hydrogen-bond donors (Lipinski definition) is 0. The SMILES string of the molecule is O=c1ncn(Cc2ccc(Cl)cc2)c2cc(-c3ccccc3)sc12. The maximum absolute atomic E-state index is 12.1. The molecule has 4 aromatic rings. The predicted octanol–water partition coefficient (Wildman–Crippen LogP) is 4.83. The number of thiophene rings is 1. The molecule has 2 heterocycles. The first kappa shape index (κ1) is 15.1. The van der Waals surface area contributed by atoms with Crippen LogP contribution in [0.3, 0.4) is 0 Å². The molecule has 0 aliphatic rings. The molecule has 24 heavy (non-hydrogen) atoms. The van der Waals surface area contributed by atoms with Gasteiger partial charge in [0.05, 0.1) is 11.8 Å². The maximum Gasteiger partial charge on any atom is 0.290 e. The van der Waals surface area contributed by atoms with Gasteiger partial charge in [0.1, 0.15) is 4.70 Å². The van der Waals surface area contributed by atoms with E-state index in [1.165, 1.54) is 11.3 Å². The van der Waals surface area contributed by atoms with E-state index in [0.29, 0.717) is 16.3 Å². The summed E-state index contributed by atoms with van der Waals surface area (Å²) in [4.78, 5) is 17.2. The molecular formula is C19H13ClN2OS. The minimum Gasteiger partial charge on any atom is -0.326 e. The van der Waals surface area contributed by atoms with Crippen LogP contribution in [0.15, 0.2) is 71.8 Å². The molecule has 4 rings (SSSR count). The lowest BCUT2D eigenvalue weighted by atomic mass is 10.2. The molecule has 0 bridgehead atoms. The second-order valence-electron chi connectivity index (χ2n) is 5.50. The summed E-state index contributed by atoms with van der Waals surface area (Å²) in [5.74, 6) is 0. The van der Waals surface area contributed by atoms with Crippen molar-refractivity contribution in [3.63, 3.8) is 0 Å². The van der Waals surface area contributed by atoms with Crippen molar-refractivity contribution in [3.05, 3.63) is 87.9 Å². The summed E-state index contributed by atoms with van der Waals surface area (Å²) in [5, 5.41) is 0.712. The molecular weight excluding hydrogens is 340 g/mol. The fraction of sp³-hybridized carbons (Fsp3) is 0.0526. The van der Waals surface area contributed by atoms with Crippen LogP contribution in [-0.4, -0.2) is 9.55 Å². The molecule has 0 spiro atoms. The van der Waals surface area contributed by atoms with Crippen molar-refractivity contribution < 1.29 is 0 Å². The van der Waals surface area contributed by atoms with Crippen molar-refractivity contribution in [2.45, 2.75) is 6.54 Å². The first-order valence-electron chi connectivity index (χ1n) is 7.49. The van der Waals surface area contributed by atoms with Gasteiger partial charge < -0.3 is 4.57 Å². The summed E-state index contributed by atoms with van der Waals surface area (Å²) >= 11 is 7.43.